The lowest BCUT2D eigenvalue weighted by molar-refractivity contribution is 0.282. The van der Waals surface area contributed by atoms with Crippen molar-refractivity contribution < 1.29 is 18.6 Å². The van der Waals surface area contributed by atoms with Crippen LogP contribution in [0.4, 0.5) is 48.6 Å². The molecule has 0 saturated heterocycles. The third kappa shape index (κ3) is 26.6. The molecule has 12 aromatic heterocycles. The molecule has 728 valence electrons. The molecule has 2 atom stereocenters. The van der Waals surface area contributed by atoms with E-state index in [1.807, 2.05) is 59.2 Å². The second-order valence-corrected chi connectivity index (χ2v) is 54.6. The second kappa shape index (κ2) is 52.8. The highest BCUT2D eigenvalue weighted by molar-refractivity contribution is 7.99. The summed E-state index contributed by atoms with van der Waals surface area (Å²) in [7, 11) is 0. The highest BCUT2D eigenvalue weighted by atomic mass is 35.5. The van der Waals surface area contributed by atoms with E-state index < -0.39 is 0 Å². The monoisotopic (exact) mass is 2190 g/mol. The van der Waals surface area contributed by atoms with Gasteiger partial charge in [0, 0.05) is 137 Å². The van der Waals surface area contributed by atoms with Crippen LogP contribution in [0.15, 0.2) is 99.3 Å². The highest BCUT2D eigenvalue weighted by Crippen LogP contribution is 2.62. The molecule has 15 nitrogen and oxygen atoms in total. The van der Waals surface area contributed by atoms with Gasteiger partial charge in [0.05, 0.1) is 106 Å². The van der Waals surface area contributed by atoms with Crippen LogP contribution in [0.5, 0.6) is 5.75 Å². The molecule has 2 unspecified atom stereocenters. The Morgan fingerprint density at radius 3 is 1.42 bits per heavy atom. The molecule has 136 heavy (non-hydrogen) atoms. The van der Waals surface area contributed by atoms with Gasteiger partial charge in [-0.1, -0.05) is 187 Å². The van der Waals surface area contributed by atoms with E-state index in [4.69, 9.17) is 37.7 Å². The Morgan fingerprint density at radius 2 is 0.779 bits per heavy atom. The molecule has 12 aromatic rings. The van der Waals surface area contributed by atoms with E-state index in [1.54, 1.807) is 99.4 Å². The number of hydrogen-bond acceptors (Lipinski definition) is 32. The normalized spacial score (nSPS) is 13.4. The molecule has 6 aliphatic heterocycles. The van der Waals surface area contributed by atoms with Crippen molar-refractivity contribution in [2.45, 2.75) is 341 Å². The largest absolute Gasteiger partial charge is 0.490 e. The van der Waals surface area contributed by atoms with Crippen molar-refractivity contribution in [3.63, 3.8) is 0 Å². The maximum atomic E-state index is 13.8. The lowest BCUT2D eigenvalue weighted by Crippen LogP contribution is -2.06. The number of aryl methyl sites for hydroxylation is 12. The molecule has 36 heteroatoms. The van der Waals surface area contributed by atoms with Gasteiger partial charge in [-0.25, -0.2) is 13.6 Å². The van der Waals surface area contributed by atoms with Crippen LogP contribution >= 0.6 is 219 Å². The number of fused-ring (bicyclic) bond motifs is 18. The molecule has 0 spiro atoms. The zero-order valence-electron chi connectivity index (χ0n) is 81.2. The van der Waals surface area contributed by atoms with Crippen LogP contribution < -0.4 is 4.74 Å². The van der Waals surface area contributed by atoms with Crippen molar-refractivity contribution in [1.29, 1.82) is 0 Å². The molecule has 6 aliphatic rings. The number of aliphatic hydroxyl groups excluding tert-OH is 1. The Bertz CT molecular complexity index is 6220. The second-order valence-electron chi connectivity index (χ2n) is 34.9. The van der Waals surface area contributed by atoms with E-state index in [9.17, 15) is 8.78 Å². The molecule has 0 bridgehead atoms. The van der Waals surface area contributed by atoms with Crippen molar-refractivity contribution in [2.75, 3.05) is 13.2 Å². The van der Waals surface area contributed by atoms with Gasteiger partial charge in [0.25, 0.3) is 0 Å². The molecule has 0 fully saturated rings. The Hall–Kier alpha value is -4.50. The number of unbranched alkanes of at least 4 members (excludes halogenated alkanes) is 17. The van der Waals surface area contributed by atoms with Crippen LogP contribution in [0.2, 0.25) is 5.02 Å². The summed E-state index contributed by atoms with van der Waals surface area (Å²) >= 11 is 35.4. The van der Waals surface area contributed by atoms with Gasteiger partial charge in [0.2, 0.25) is 5.69 Å². The van der Waals surface area contributed by atoms with Gasteiger partial charge in [0.1, 0.15) is 34.1 Å². The van der Waals surface area contributed by atoms with E-state index in [2.05, 4.69) is 169 Å². The van der Waals surface area contributed by atoms with Crippen molar-refractivity contribution >= 4 is 259 Å². The molecule has 0 amide bonds. The Balaban J connectivity index is 0.000000143. The van der Waals surface area contributed by atoms with Crippen molar-refractivity contribution in [3.05, 3.63) is 127 Å². The number of halogens is 3. The maximum Gasteiger partial charge on any atom is 0.216 e. The van der Waals surface area contributed by atoms with Crippen LogP contribution in [0.3, 0.4) is 0 Å². The van der Waals surface area contributed by atoms with Gasteiger partial charge in [-0.15, -0.1) is 183 Å². The zero-order valence-corrected chi connectivity index (χ0v) is 96.6. The van der Waals surface area contributed by atoms with E-state index in [0.29, 0.717) is 32.1 Å². The third-order valence-corrected chi connectivity index (χ3v) is 44.7. The summed E-state index contributed by atoms with van der Waals surface area (Å²) < 4.78 is 59.2. The summed E-state index contributed by atoms with van der Waals surface area (Å²) in [6.45, 7) is 49.1. The maximum absolute atomic E-state index is 13.8. The van der Waals surface area contributed by atoms with Crippen molar-refractivity contribution in [2.24, 2.45) is 69.6 Å². The summed E-state index contributed by atoms with van der Waals surface area (Å²) in [5.74, 6) is 1.81. The quantitative estimate of drug-likeness (QED) is 0.0239. The topological polar surface area (TPSA) is 182 Å². The lowest BCUT2D eigenvalue weighted by Gasteiger charge is -2.18. The number of ether oxygens (including phenoxy) is 1. The Kier molecular flexibility index (Phi) is 42.3. The molecule has 0 aliphatic carbocycles. The zero-order chi connectivity index (χ0) is 97.0. The highest BCUT2D eigenvalue weighted by Gasteiger charge is 2.34. The molecule has 18 heterocycles. The summed E-state index contributed by atoms with van der Waals surface area (Å²) in [4.78, 5) is 38.3. The number of rotatable bonds is 33. The van der Waals surface area contributed by atoms with Crippen LogP contribution in [0.1, 0.15) is 281 Å². The standard InChI is InChI=1S/C35H58N2S3.C22H32N2O2S3.C12H9N3S3.C11H9ClN2S3.C10H6F2N2S3.C10H8N2S3/c1-7-10-13-16-17-20-23-29(22-19-15-12-9-3)25-31-28(6)39-35-33(31)40-37-36-32-30(27(5)38-34(32)35)24-26(4)21-18-14-11-8-2;1-4-5-6-11-14-26-19-16(3)28-21-18(19)23-24-29-20-17(15(2)27-22(20)21)12-9-7-8-10-13-25;1-5-6(2)16-10-8(5)14-15-18-11-9(13-4)7(3)17-12(10)11;1-4-5(2)15-10-8(4)13-14-17-9-7(12)6(3)16-11(9)10;1-3-5(11)7-9(15-3)10-8(17-14-13-7)6(12)4(2)16-10;1-5-3-7-9(13-5)10-8(15-12-11-7)4-6(2)14-10/h26,29H,7-25H2,1-6H3;25H,4-14H2,1-3H3;1-3H3;1-3H3;1-2H3;3-4H,1-2H3. The number of aliphatic hydroxyl groups is 1. The number of thiophene rings is 12. The van der Waals surface area contributed by atoms with Gasteiger partial charge >= 0.3 is 0 Å². The van der Waals surface area contributed by atoms with Gasteiger partial charge in [-0.05, 0) is 187 Å². The minimum absolute atomic E-state index is 0.236. The van der Waals surface area contributed by atoms with E-state index in [1.165, 1.54) is 326 Å². The predicted molar refractivity (Wildman–Crippen MR) is 600 cm³/mol. The fourth-order valence-electron chi connectivity index (χ4n) is 16.6. The lowest BCUT2D eigenvalue weighted by atomic mass is 9.88. The van der Waals surface area contributed by atoms with Gasteiger partial charge in [-0.2, -0.15) is 11.3 Å². The summed E-state index contributed by atoms with van der Waals surface area (Å²) in [6, 6.07) is 4.29. The van der Waals surface area contributed by atoms with E-state index in [0.717, 1.165) is 143 Å². The average Bonchev–Trinajstić information content (AvgIpc) is 1.61. The van der Waals surface area contributed by atoms with Crippen molar-refractivity contribution in [3.8, 4) is 64.3 Å². The van der Waals surface area contributed by atoms with Crippen LogP contribution in [-0.4, -0.2) is 18.3 Å². The first-order valence-corrected chi connectivity index (χ1v) is 62.1. The first-order valence-electron chi connectivity index (χ1n) is 47.2. The number of hydrogen-bond donors (Lipinski definition) is 1. The van der Waals surface area contributed by atoms with Gasteiger partial charge in [-0.3, -0.25) is 0 Å². The molecule has 18 rings (SSSR count). The fourth-order valence-corrected chi connectivity index (χ4v) is 36.3. The van der Waals surface area contributed by atoms with Crippen molar-refractivity contribution in [1.82, 2.24) is 0 Å². The molecule has 0 saturated carbocycles. The SMILES string of the molecule is CCCCCCCCC(CCCCCC)Cc1c(C)sc2c1SN=Nc1c-2sc(C)c1CC(C)CCCCCC.CCCCCCOc1c(C)sc2c1N=NSc1c-2sc(C)c1CCCCCCO.Cc1cc2c(s1)-c1sc(C)cc1SN=N2.Cc1sc2c(c1C)N=NSc1c-2sc(C)c1Cl.Cc1sc2c(c1F)N=NSc1c-2sc(C)c1F.[C-]#[N+]c1c(C)sc2c1SN=Nc1c-2sc(C)c1C. The minimum Gasteiger partial charge on any atom is -0.490 e. The van der Waals surface area contributed by atoms with Crippen LogP contribution in [-0.2, 0) is 19.3 Å². The first-order chi connectivity index (χ1) is 65.7. The van der Waals surface area contributed by atoms with Gasteiger partial charge in [0.15, 0.2) is 17.4 Å². The van der Waals surface area contributed by atoms with Crippen LogP contribution in [0.25, 0.3) is 63.4 Å². The number of nitrogens with zero attached hydrogens (tertiary/aromatic N) is 13. The molecular formula is C100H122ClF2N13O2S18. The summed E-state index contributed by atoms with van der Waals surface area (Å²) in [5, 5.41) is 35.9. The Morgan fingerprint density at radius 1 is 0.360 bits per heavy atom. The third-order valence-electron chi connectivity index (χ3n) is 24.4. The molecule has 1 N–H and O–H groups in total. The molecule has 0 radical (unpaired) electrons. The first kappa shape index (κ1) is 109. The predicted octanol–water partition coefficient (Wildman–Crippen LogP) is 45.4. The minimum atomic E-state index is -0.353. The summed E-state index contributed by atoms with van der Waals surface area (Å²) in [6.07, 6.45) is 35.9. The van der Waals surface area contributed by atoms with E-state index in [-0.39, 0.29) is 17.3 Å². The van der Waals surface area contributed by atoms with Gasteiger partial charge < -0.3 is 9.84 Å². The van der Waals surface area contributed by atoms with Crippen LogP contribution in [0, 0.1) is 127 Å². The Labute approximate surface area is 882 Å². The smallest absolute Gasteiger partial charge is 0.216 e. The fraction of sp³-hybridized carbons (Fsp3) is 0.510. The average molecular weight is 2190 g/mol. The molecular weight excluding hydrogens is 2070 g/mol. The van der Waals surface area contributed by atoms with E-state index >= 15 is 0 Å². The molecule has 0 aromatic carbocycles. The summed E-state index contributed by atoms with van der Waals surface area (Å²) in [5.41, 5.74) is 13.0.